The van der Waals surface area contributed by atoms with Crippen LogP contribution in [0.1, 0.15) is 31.7 Å². The quantitative estimate of drug-likeness (QED) is 0.449. The lowest BCUT2D eigenvalue weighted by Gasteiger charge is -2.09. The monoisotopic (exact) mass is 285 g/mol. The minimum Gasteiger partial charge on any atom is -0.258 e. The van der Waals surface area contributed by atoms with Gasteiger partial charge in [0.15, 0.2) is 0 Å². The molecular weight excluding hydrogens is 270 g/mol. The number of hydrogen-bond acceptors (Lipinski definition) is 2. The number of unbranched alkanes of at least 4 members (excludes halogenated alkanes) is 1. The number of alkyl halides is 1. The lowest BCUT2D eigenvalue weighted by Crippen LogP contribution is -2.05. The highest BCUT2D eigenvalue weighted by molar-refractivity contribution is 9.09. The third-order valence-corrected chi connectivity index (χ3v) is 3.28. The van der Waals surface area contributed by atoms with E-state index in [2.05, 4.69) is 22.9 Å². The minimum atomic E-state index is -0.311. The van der Waals surface area contributed by atoms with Crippen LogP contribution in [0.25, 0.3) is 0 Å². The number of nitro benzene ring substituents is 1. The van der Waals surface area contributed by atoms with Gasteiger partial charge in [-0.1, -0.05) is 53.9 Å². The predicted octanol–water partition coefficient (Wildman–Crippen LogP) is 4.09. The van der Waals surface area contributed by atoms with Gasteiger partial charge in [0.05, 0.1) is 4.92 Å². The Kier molecular flexibility index (Phi) is 5.46. The van der Waals surface area contributed by atoms with Gasteiger partial charge >= 0.3 is 0 Å². The summed E-state index contributed by atoms with van der Waals surface area (Å²) in [5, 5.41) is 10.8. The summed E-state index contributed by atoms with van der Waals surface area (Å²) >= 11 is 3.58. The Morgan fingerprint density at radius 1 is 1.44 bits per heavy atom. The summed E-state index contributed by atoms with van der Waals surface area (Å²) in [4.78, 5) is 10.8. The van der Waals surface area contributed by atoms with Gasteiger partial charge in [0.25, 0.3) is 5.69 Å². The highest BCUT2D eigenvalue weighted by Crippen LogP contribution is 2.23. The average Bonchev–Trinajstić information content (AvgIpc) is 2.27. The van der Waals surface area contributed by atoms with E-state index in [-0.39, 0.29) is 10.6 Å². The van der Waals surface area contributed by atoms with Crippen LogP contribution in [-0.2, 0) is 6.42 Å². The fourth-order valence-electron chi connectivity index (χ4n) is 1.63. The molecule has 1 atom stereocenters. The maximum absolute atomic E-state index is 10.8. The first-order valence-corrected chi connectivity index (χ1v) is 6.43. The van der Waals surface area contributed by atoms with E-state index in [1.165, 1.54) is 0 Å². The largest absolute Gasteiger partial charge is 0.272 e. The maximum Gasteiger partial charge on any atom is 0.272 e. The van der Waals surface area contributed by atoms with E-state index in [0.29, 0.717) is 4.83 Å². The zero-order valence-corrected chi connectivity index (χ0v) is 10.9. The van der Waals surface area contributed by atoms with E-state index in [1.54, 1.807) is 12.1 Å². The van der Waals surface area contributed by atoms with Gasteiger partial charge in [-0.25, -0.2) is 0 Å². The second-order valence-electron chi connectivity index (χ2n) is 3.83. The molecule has 16 heavy (non-hydrogen) atoms. The molecule has 88 valence electrons. The topological polar surface area (TPSA) is 43.1 Å². The van der Waals surface area contributed by atoms with Crippen LogP contribution in [0, 0.1) is 10.1 Å². The van der Waals surface area contributed by atoms with Crippen LogP contribution in [0.3, 0.4) is 0 Å². The summed E-state index contributed by atoms with van der Waals surface area (Å²) in [6.45, 7) is 2.14. The highest BCUT2D eigenvalue weighted by atomic mass is 79.9. The summed E-state index contributed by atoms with van der Waals surface area (Å²) in [5.74, 6) is 0. The molecule has 0 bridgehead atoms. The second kappa shape index (κ2) is 6.63. The van der Waals surface area contributed by atoms with Crippen molar-refractivity contribution in [1.29, 1.82) is 0 Å². The molecule has 0 radical (unpaired) electrons. The van der Waals surface area contributed by atoms with Crippen molar-refractivity contribution in [1.82, 2.24) is 0 Å². The van der Waals surface area contributed by atoms with Gasteiger partial charge in [-0.3, -0.25) is 10.1 Å². The van der Waals surface area contributed by atoms with Gasteiger partial charge in [-0.05, 0) is 12.8 Å². The predicted molar refractivity (Wildman–Crippen MR) is 69.0 cm³/mol. The highest BCUT2D eigenvalue weighted by Gasteiger charge is 2.15. The first kappa shape index (κ1) is 13.2. The zero-order chi connectivity index (χ0) is 12.0. The van der Waals surface area contributed by atoms with E-state index in [1.807, 2.05) is 12.1 Å². The van der Waals surface area contributed by atoms with Crippen molar-refractivity contribution in [2.45, 2.75) is 37.4 Å². The minimum absolute atomic E-state index is 0.225. The number of para-hydroxylation sites is 1. The summed E-state index contributed by atoms with van der Waals surface area (Å²) < 4.78 is 0. The molecular formula is C12H16BrNO2. The van der Waals surface area contributed by atoms with Crippen molar-refractivity contribution < 1.29 is 4.92 Å². The molecule has 0 N–H and O–H groups in total. The molecule has 0 aliphatic carbocycles. The van der Waals surface area contributed by atoms with Crippen LogP contribution in [0.4, 0.5) is 5.69 Å². The summed E-state index contributed by atoms with van der Waals surface area (Å²) in [6.07, 6.45) is 4.08. The van der Waals surface area contributed by atoms with Gasteiger partial charge in [0.2, 0.25) is 0 Å². The molecule has 0 heterocycles. The van der Waals surface area contributed by atoms with Gasteiger partial charge in [-0.2, -0.15) is 0 Å². The van der Waals surface area contributed by atoms with Crippen LogP contribution in [0.15, 0.2) is 24.3 Å². The van der Waals surface area contributed by atoms with Crippen molar-refractivity contribution >= 4 is 21.6 Å². The van der Waals surface area contributed by atoms with E-state index in [0.717, 1.165) is 31.2 Å². The van der Waals surface area contributed by atoms with Crippen LogP contribution in [0.2, 0.25) is 0 Å². The second-order valence-corrected chi connectivity index (χ2v) is 5.12. The zero-order valence-electron chi connectivity index (χ0n) is 9.36. The fourth-order valence-corrected chi connectivity index (χ4v) is 2.30. The molecule has 3 nitrogen and oxygen atoms in total. The first-order chi connectivity index (χ1) is 7.65. The van der Waals surface area contributed by atoms with Crippen LogP contribution in [-0.4, -0.2) is 9.75 Å². The van der Waals surface area contributed by atoms with Gasteiger partial charge in [0, 0.05) is 16.5 Å². The van der Waals surface area contributed by atoms with Crippen LogP contribution < -0.4 is 0 Å². The van der Waals surface area contributed by atoms with Crippen molar-refractivity contribution in [3.05, 3.63) is 39.9 Å². The Hall–Kier alpha value is -0.900. The van der Waals surface area contributed by atoms with Crippen LogP contribution >= 0.6 is 15.9 Å². The SMILES string of the molecule is CCCCC(Br)Cc1ccccc1[N+](=O)[O-]. The smallest absolute Gasteiger partial charge is 0.258 e. The number of nitrogens with zero attached hydrogens (tertiary/aromatic N) is 1. The first-order valence-electron chi connectivity index (χ1n) is 5.51. The third kappa shape index (κ3) is 3.93. The van der Waals surface area contributed by atoms with Crippen LogP contribution in [0.5, 0.6) is 0 Å². The standard InChI is InChI=1S/C12H16BrNO2/c1-2-3-7-11(13)9-10-6-4-5-8-12(10)14(15)16/h4-6,8,11H,2-3,7,9H2,1H3. The maximum atomic E-state index is 10.8. The molecule has 4 heteroatoms. The molecule has 1 aromatic rings. The van der Waals surface area contributed by atoms with Crippen molar-refractivity contribution in [3.63, 3.8) is 0 Å². The van der Waals surface area contributed by atoms with E-state index >= 15 is 0 Å². The summed E-state index contributed by atoms with van der Waals surface area (Å²) in [6, 6.07) is 6.95. The van der Waals surface area contributed by atoms with Crippen molar-refractivity contribution in [3.8, 4) is 0 Å². The average molecular weight is 286 g/mol. The summed E-state index contributed by atoms with van der Waals surface area (Å²) in [5.41, 5.74) is 1.04. The molecule has 1 unspecified atom stereocenters. The molecule has 0 fully saturated rings. The molecule has 1 aromatic carbocycles. The van der Waals surface area contributed by atoms with Gasteiger partial charge in [0.1, 0.15) is 0 Å². The number of halogens is 1. The summed E-state index contributed by atoms with van der Waals surface area (Å²) in [7, 11) is 0. The normalized spacial score (nSPS) is 12.4. The van der Waals surface area contributed by atoms with E-state index < -0.39 is 0 Å². The number of hydrogen-bond donors (Lipinski definition) is 0. The van der Waals surface area contributed by atoms with Crippen molar-refractivity contribution in [2.24, 2.45) is 0 Å². The van der Waals surface area contributed by atoms with Gasteiger partial charge in [-0.15, -0.1) is 0 Å². The number of benzene rings is 1. The van der Waals surface area contributed by atoms with E-state index in [9.17, 15) is 10.1 Å². The molecule has 0 aliphatic rings. The van der Waals surface area contributed by atoms with E-state index in [4.69, 9.17) is 0 Å². The molecule has 1 rings (SSSR count). The number of nitro groups is 1. The lowest BCUT2D eigenvalue weighted by atomic mass is 10.0. The van der Waals surface area contributed by atoms with Gasteiger partial charge < -0.3 is 0 Å². The Labute approximate surface area is 104 Å². The third-order valence-electron chi connectivity index (χ3n) is 2.50. The Balaban J connectivity index is 2.69. The molecule has 0 spiro atoms. The Morgan fingerprint density at radius 3 is 2.75 bits per heavy atom. The molecule has 0 amide bonds. The fraction of sp³-hybridized carbons (Fsp3) is 0.500. The molecule has 0 saturated heterocycles. The Bertz CT molecular complexity index is 355. The molecule has 0 aromatic heterocycles. The van der Waals surface area contributed by atoms with Crippen molar-refractivity contribution in [2.75, 3.05) is 0 Å². The lowest BCUT2D eigenvalue weighted by molar-refractivity contribution is -0.385. The Morgan fingerprint density at radius 2 is 2.12 bits per heavy atom. The number of rotatable bonds is 6. The molecule has 0 aliphatic heterocycles. The molecule has 0 saturated carbocycles.